The highest BCUT2D eigenvalue weighted by Crippen LogP contribution is 2.22. The van der Waals surface area contributed by atoms with E-state index in [1.807, 2.05) is 86.6 Å². The molecule has 0 bridgehead atoms. The molecule has 0 unspecified atom stereocenters. The molecule has 1 N–H and O–H groups in total. The molecule has 0 saturated heterocycles. The van der Waals surface area contributed by atoms with Gasteiger partial charge in [0.05, 0.1) is 6.04 Å². The van der Waals surface area contributed by atoms with Crippen LogP contribution in [0.1, 0.15) is 47.5 Å². The number of amides is 1. The van der Waals surface area contributed by atoms with E-state index in [-0.39, 0.29) is 11.6 Å². The summed E-state index contributed by atoms with van der Waals surface area (Å²) < 4.78 is 7.32. The molecular formula is C28H29N3O3. The third kappa shape index (κ3) is 6.02. The number of benzene rings is 2. The largest absolute Gasteiger partial charge is 0.451 e. The third-order valence-corrected chi connectivity index (χ3v) is 5.61. The summed E-state index contributed by atoms with van der Waals surface area (Å²) in [5.41, 5.74) is 4.50. The zero-order chi connectivity index (χ0) is 24.5. The van der Waals surface area contributed by atoms with Crippen molar-refractivity contribution in [2.75, 3.05) is 6.61 Å². The summed E-state index contributed by atoms with van der Waals surface area (Å²) >= 11 is 0. The van der Waals surface area contributed by atoms with Gasteiger partial charge in [-0.05, 0) is 49.1 Å². The van der Waals surface area contributed by atoms with Gasteiger partial charge in [0.25, 0.3) is 5.91 Å². The second kappa shape index (κ2) is 11.7. The minimum Gasteiger partial charge on any atom is -0.451 e. The summed E-state index contributed by atoms with van der Waals surface area (Å²) in [5, 5.41) is 12.4. The van der Waals surface area contributed by atoms with Crippen LogP contribution in [0.2, 0.25) is 0 Å². The molecule has 1 aromatic heterocycles. The van der Waals surface area contributed by atoms with Gasteiger partial charge in [-0.2, -0.15) is 5.26 Å². The van der Waals surface area contributed by atoms with Crippen molar-refractivity contribution in [2.24, 2.45) is 0 Å². The Morgan fingerprint density at radius 3 is 2.18 bits per heavy atom. The minimum atomic E-state index is -0.825. The number of aromatic nitrogens is 1. The fraction of sp³-hybridized carbons (Fsp3) is 0.250. The van der Waals surface area contributed by atoms with Crippen LogP contribution in [0.15, 0.2) is 72.3 Å². The van der Waals surface area contributed by atoms with Gasteiger partial charge >= 0.3 is 5.97 Å². The Kier molecular flexibility index (Phi) is 8.42. The van der Waals surface area contributed by atoms with E-state index in [0.717, 1.165) is 41.0 Å². The number of ether oxygens (including phenoxy) is 1. The summed E-state index contributed by atoms with van der Waals surface area (Å²) in [6, 6.07) is 22.6. The van der Waals surface area contributed by atoms with Crippen LogP contribution in [0.4, 0.5) is 0 Å². The Bertz CT molecular complexity index is 1170. The number of nitrogens with one attached hydrogen (secondary N) is 1. The first-order chi connectivity index (χ1) is 16.4. The Morgan fingerprint density at radius 1 is 1.06 bits per heavy atom. The molecule has 2 aromatic carbocycles. The summed E-state index contributed by atoms with van der Waals surface area (Å²) in [4.78, 5) is 25.2. The van der Waals surface area contributed by atoms with Crippen LogP contribution in [-0.2, 0) is 20.9 Å². The lowest BCUT2D eigenvalue weighted by Gasteiger charge is -2.19. The van der Waals surface area contributed by atoms with Crippen molar-refractivity contribution in [1.29, 1.82) is 5.26 Å². The highest BCUT2D eigenvalue weighted by Gasteiger charge is 2.19. The molecule has 1 amide bonds. The van der Waals surface area contributed by atoms with Gasteiger partial charge in [0, 0.05) is 17.9 Å². The van der Waals surface area contributed by atoms with Gasteiger partial charge < -0.3 is 14.6 Å². The first-order valence-corrected chi connectivity index (χ1v) is 11.3. The van der Waals surface area contributed by atoms with E-state index in [1.165, 1.54) is 6.08 Å². The van der Waals surface area contributed by atoms with Crippen LogP contribution in [0.5, 0.6) is 0 Å². The number of hydrogen-bond donors (Lipinski definition) is 1. The zero-order valence-electron chi connectivity index (χ0n) is 19.7. The van der Waals surface area contributed by atoms with Crippen LogP contribution in [0, 0.1) is 25.2 Å². The maximum atomic E-state index is 12.7. The van der Waals surface area contributed by atoms with Crippen LogP contribution >= 0.6 is 0 Å². The van der Waals surface area contributed by atoms with E-state index >= 15 is 0 Å². The molecule has 1 heterocycles. The van der Waals surface area contributed by atoms with E-state index < -0.39 is 18.5 Å². The molecule has 34 heavy (non-hydrogen) atoms. The lowest BCUT2D eigenvalue weighted by Crippen LogP contribution is -2.33. The van der Waals surface area contributed by atoms with E-state index in [1.54, 1.807) is 0 Å². The summed E-state index contributed by atoms with van der Waals surface area (Å²) in [6.45, 7) is 6.42. The Morgan fingerprint density at radius 2 is 1.65 bits per heavy atom. The van der Waals surface area contributed by atoms with E-state index in [9.17, 15) is 14.9 Å². The number of nitriles is 1. The lowest BCUT2D eigenvalue weighted by atomic mass is 9.99. The van der Waals surface area contributed by atoms with E-state index in [4.69, 9.17) is 4.74 Å². The summed E-state index contributed by atoms with van der Waals surface area (Å²) in [7, 11) is 0. The number of hydrogen-bond acceptors (Lipinski definition) is 4. The maximum absolute atomic E-state index is 12.7. The van der Waals surface area contributed by atoms with Crippen molar-refractivity contribution in [3.63, 3.8) is 0 Å². The predicted molar refractivity (Wildman–Crippen MR) is 132 cm³/mol. The topological polar surface area (TPSA) is 84.1 Å². The zero-order valence-corrected chi connectivity index (χ0v) is 19.7. The Hall–Kier alpha value is -4.11. The molecule has 3 rings (SSSR count). The highest BCUT2D eigenvalue weighted by atomic mass is 16.5. The van der Waals surface area contributed by atoms with Crippen LogP contribution in [0.25, 0.3) is 6.08 Å². The van der Waals surface area contributed by atoms with Crippen molar-refractivity contribution < 1.29 is 14.3 Å². The Labute approximate surface area is 200 Å². The number of carbonyl (C=O) groups excluding carboxylic acids is 2. The smallest absolute Gasteiger partial charge is 0.349 e. The molecule has 0 aliphatic rings. The number of rotatable bonds is 9. The number of carbonyl (C=O) groups is 2. The number of esters is 1. The molecule has 0 radical (unpaired) electrons. The monoisotopic (exact) mass is 455 g/mol. The average molecular weight is 456 g/mol. The maximum Gasteiger partial charge on any atom is 0.349 e. The molecule has 174 valence electrons. The molecule has 0 aliphatic carbocycles. The van der Waals surface area contributed by atoms with Gasteiger partial charge in [-0.3, -0.25) is 4.79 Å². The lowest BCUT2D eigenvalue weighted by molar-refractivity contribution is -0.144. The molecule has 0 fully saturated rings. The normalized spacial score (nSPS) is 11.2. The van der Waals surface area contributed by atoms with Crippen molar-refractivity contribution in [1.82, 2.24) is 9.88 Å². The molecule has 3 aromatic rings. The Balaban J connectivity index is 1.69. The molecule has 0 spiro atoms. The fourth-order valence-electron chi connectivity index (χ4n) is 3.90. The van der Waals surface area contributed by atoms with Crippen LogP contribution in [-0.4, -0.2) is 23.1 Å². The highest BCUT2D eigenvalue weighted by molar-refractivity contribution is 5.99. The molecule has 0 aliphatic heterocycles. The summed E-state index contributed by atoms with van der Waals surface area (Å²) in [5.74, 6) is -1.28. The second-order valence-electron chi connectivity index (χ2n) is 8.05. The summed E-state index contributed by atoms with van der Waals surface area (Å²) in [6.07, 6.45) is 2.50. The van der Waals surface area contributed by atoms with Crippen molar-refractivity contribution in [3.05, 3.63) is 100 Å². The van der Waals surface area contributed by atoms with Crippen LogP contribution < -0.4 is 5.32 Å². The standard InChI is InChI=1S/C28H29N3O3/c1-4-15-31-20(2)16-24(21(31)3)17-25(18-29)28(33)34-19-26(32)30-27(22-11-7-5-8-12-22)23-13-9-6-10-14-23/h5-14,16-17,27H,4,15,19H2,1-3H3,(H,30,32)/b25-17-. The molecular weight excluding hydrogens is 426 g/mol. The van der Waals surface area contributed by atoms with Gasteiger partial charge in [-0.25, -0.2) is 4.79 Å². The van der Waals surface area contributed by atoms with Crippen molar-refractivity contribution >= 4 is 18.0 Å². The fourth-order valence-corrected chi connectivity index (χ4v) is 3.90. The van der Waals surface area contributed by atoms with Gasteiger partial charge in [-0.1, -0.05) is 67.6 Å². The van der Waals surface area contributed by atoms with E-state index in [2.05, 4.69) is 16.8 Å². The molecule has 6 nitrogen and oxygen atoms in total. The van der Waals surface area contributed by atoms with Gasteiger partial charge in [0.15, 0.2) is 6.61 Å². The van der Waals surface area contributed by atoms with Crippen molar-refractivity contribution in [3.8, 4) is 6.07 Å². The molecule has 0 atom stereocenters. The second-order valence-corrected chi connectivity index (χ2v) is 8.05. The van der Waals surface area contributed by atoms with Gasteiger partial charge in [-0.15, -0.1) is 0 Å². The quantitative estimate of drug-likeness (QED) is 0.283. The number of nitrogens with zero attached hydrogens (tertiary/aromatic N) is 2. The SMILES string of the molecule is CCCn1c(C)cc(/C=C(/C#N)C(=O)OCC(=O)NC(c2ccccc2)c2ccccc2)c1C. The first-order valence-electron chi connectivity index (χ1n) is 11.3. The molecule has 0 saturated carbocycles. The van der Waals surface area contributed by atoms with Gasteiger partial charge in [0.2, 0.25) is 0 Å². The number of aryl methyl sites for hydroxylation is 1. The van der Waals surface area contributed by atoms with Crippen LogP contribution in [0.3, 0.4) is 0 Å². The van der Waals surface area contributed by atoms with E-state index in [0.29, 0.717) is 0 Å². The molecule has 6 heteroatoms. The minimum absolute atomic E-state index is 0.146. The third-order valence-electron chi connectivity index (χ3n) is 5.61. The van der Waals surface area contributed by atoms with Crippen molar-refractivity contribution in [2.45, 2.75) is 39.8 Å². The average Bonchev–Trinajstić information content (AvgIpc) is 3.13. The first kappa shape index (κ1) is 24.5. The predicted octanol–water partition coefficient (Wildman–Crippen LogP) is 4.87. The van der Waals surface area contributed by atoms with Gasteiger partial charge in [0.1, 0.15) is 11.6 Å².